The zero-order valence-electron chi connectivity index (χ0n) is 12.2. The van der Waals surface area contributed by atoms with E-state index in [1.54, 1.807) is 0 Å². The molecule has 0 aliphatic carbocycles. The number of rotatable bonds is 3. The van der Waals surface area contributed by atoms with Crippen molar-refractivity contribution < 1.29 is 9.53 Å². The lowest BCUT2D eigenvalue weighted by Gasteiger charge is -2.38. The summed E-state index contributed by atoms with van der Waals surface area (Å²) in [6.07, 6.45) is 1.72. The predicted molar refractivity (Wildman–Crippen MR) is 78.8 cm³/mol. The first-order chi connectivity index (χ1) is 9.69. The number of hydrogen-bond donors (Lipinski definition) is 1. The molecule has 2 heterocycles. The highest BCUT2D eigenvalue weighted by Crippen LogP contribution is 2.34. The SMILES string of the molecule is CCCN1CC(c2cccc3c2CC(=O)N3)OCC1C. The molecule has 2 aliphatic heterocycles. The van der Waals surface area contributed by atoms with Crippen LogP contribution in [0.2, 0.25) is 0 Å². The second-order valence-corrected chi connectivity index (χ2v) is 5.76. The molecule has 0 spiro atoms. The van der Waals surface area contributed by atoms with Crippen molar-refractivity contribution in [2.24, 2.45) is 0 Å². The number of nitrogens with one attached hydrogen (secondary N) is 1. The van der Waals surface area contributed by atoms with E-state index in [1.165, 1.54) is 5.56 Å². The van der Waals surface area contributed by atoms with Crippen LogP contribution in [0.25, 0.3) is 0 Å². The monoisotopic (exact) mass is 274 g/mol. The Kier molecular flexibility index (Phi) is 3.76. The Morgan fingerprint density at radius 1 is 1.45 bits per heavy atom. The Morgan fingerprint density at radius 3 is 3.10 bits per heavy atom. The minimum absolute atomic E-state index is 0.0837. The van der Waals surface area contributed by atoms with E-state index in [4.69, 9.17) is 4.74 Å². The molecule has 108 valence electrons. The van der Waals surface area contributed by atoms with E-state index in [0.29, 0.717) is 12.5 Å². The molecule has 1 saturated heterocycles. The van der Waals surface area contributed by atoms with E-state index in [9.17, 15) is 4.79 Å². The Bertz CT molecular complexity index is 515. The number of carbonyl (C=O) groups is 1. The van der Waals surface area contributed by atoms with Crippen LogP contribution in [0.4, 0.5) is 5.69 Å². The fraction of sp³-hybridized carbons (Fsp3) is 0.562. The fourth-order valence-electron chi connectivity index (χ4n) is 3.17. The maximum Gasteiger partial charge on any atom is 0.228 e. The summed E-state index contributed by atoms with van der Waals surface area (Å²) in [4.78, 5) is 14.1. The number of carbonyl (C=O) groups excluding carboxylic acids is 1. The molecule has 0 saturated carbocycles. The van der Waals surface area contributed by atoms with Gasteiger partial charge in [-0.05, 0) is 37.1 Å². The van der Waals surface area contributed by atoms with Gasteiger partial charge >= 0.3 is 0 Å². The van der Waals surface area contributed by atoms with Crippen LogP contribution >= 0.6 is 0 Å². The number of amides is 1. The van der Waals surface area contributed by atoms with Gasteiger partial charge in [-0.2, -0.15) is 0 Å². The third-order valence-corrected chi connectivity index (χ3v) is 4.24. The molecule has 0 aromatic heterocycles. The van der Waals surface area contributed by atoms with Gasteiger partial charge in [-0.25, -0.2) is 0 Å². The summed E-state index contributed by atoms with van der Waals surface area (Å²) >= 11 is 0. The molecule has 1 aromatic carbocycles. The van der Waals surface area contributed by atoms with Crippen molar-refractivity contribution in [2.75, 3.05) is 25.0 Å². The smallest absolute Gasteiger partial charge is 0.228 e. The first-order valence-corrected chi connectivity index (χ1v) is 7.46. The lowest BCUT2D eigenvalue weighted by Crippen LogP contribution is -2.45. The molecule has 0 radical (unpaired) electrons. The third kappa shape index (κ3) is 2.45. The van der Waals surface area contributed by atoms with Crippen LogP contribution in [0.3, 0.4) is 0 Å². The van der Waals surface area contributed by atoms with Gasteiger partial charge in [0, 0.05) is 18.3 Å². The van der Waals surface area contributed by atoms with Crippen LogP contribution in [0.5, 0.6) is 0 Å². The van der Waals surface area contributed by atoms with Crippen molar-refractivity contribution in [1.29, 1.82) is 0 Å². The molecule has 4 nitrogen and oxygen atoms in total. The van der Waals surface area contributed by atoms with Gasteiger partial charge in [0.1, 0.15) is 0 Å². The summed E-state index contributed by atoms with van der Waals surface area (Å²) in [5, 5.41) is 2.91. The maximum absolute atomic E-state index is 11.6. The zero-order valence-corrected chi connectivity index (χ0v) is 12.2. The van der Waals surface area contributed by atoms with Crippen molar-refractivity contribution in [1.82, 2.24) is 4.90 Å². The van der Waals surface area contributed by atoms with Gasteiger partial charge < -0.3 is 10.1 Å². The Balaban J connectivity index is 1.83. The topological polar surface area (TPSA) is 41.6 Å². The number of fused-ring (bicyclic) bond motifs is 1. The van der Waals surface area contributed by atoms with Gasteiger partial charge in [-0.15, -0.1) is 0 Å². The summed E-state index contributed by atoms with van der Waals surface area (Å²) in [5.74, 6) is 0.0852. The van der Waals surface area contributed by atoms with Crippen molar-refractivity contribution in [3.63, 3.8) is 0 Å². The number of ether oxygens (including phenoxy) is 1. The number of anilines is 1. The Morgan fingerprint density at radius 2 is 2.30 bits per heavy atom. The minimum Gasteiger partial charge on any atom is -0.371 e. The predicted octanol–water partition coefficient (Wildman–Crippen LogP) is 2.35. The zero-order chi connectivity index (χ0) is 14.1. The van der Waals surface area contributed by atoms with E-state index in [2.05, 4.69) is 30.1 Å². The fourth-order valence-corrected chi connectivity index (χ4v) is 3.17. The first kappa shape index (κ1) is 13.6. The number of hydrogen-bond acceptors (Lipinski definition) is 3. The van der Waals surface area contributed by atoms with Crippen molar-refractivity contribution in [2.45, 2.75) is 38.8 Å². The Labute approximate surface area is 120 Å². The second-order valence-electron chi connectivity index (χ2n) is 5.76. The van der Waals surface area contributed by atoms with E-state index in [-0.39, 0.29) is 12.0 Å². The van der Waals surface area contributed by atoms with Crippen LogP contribution < -0.4 is 5.32 Å². The average Bonchev–Trinajstić information content (AvgIpc) is 2.81. The Hall–Kier alpha value is -1.39. The van der Waals surface area contributed by atoms with Gasteiger partial charge in [0.15, 0.2) is 0 Å². The molecule has 2 aliphatic rings. The first-order valence-electron chi connectivity index (χ1n) is 7.46. The third-order valence-electron chi connectivity index (χ3n) is 4.24. The largest absolute Gasteiger partial charge is 0.371 e. The van der Waals surface area contributed by atoms with Gasteiger partial charge in [0.25, 0.3) is 0 Å². The van der Waals surface area contributed by atoms with Crippen LogP contribution in [0.15, 0.2) is 18.2 Å². The maximum atomic E-state index is 11.6. The molecule has 1 aromatic rings. The summed E-state index contributed by atoms with van der Waals surface area (Å²) in [5.41, 5.74) is 3.25. The number of benzene rings is 1. The molecule has 3 rings (SSSR count). The van der Waals surface area contributed by atoms with E-state index < -0.39 is 0 Å². The van der Waals surface area contributed by atoms with Gasteiger partial charge in [-0.1, -0.05) is 19.1 Å². The molecule has 20 heavy (non-hydrogen) atoms. The number of morpholine rings is 1. The summed E-state index contributed by atoms with van der Waals surface area (Å²) < 4.78 is 6.03. The summed E-state index contributed by atoms with van der Waals surface area (Å²) in [6.45, 7) is 7.20. The number of nitrogens with zero attached hydrogens (tertiary/aromatic N) is 1. The molecule has 1 N–H and O–H groups in total. The standard InChI is InChI=1S/C16H22N2O2/c1-3-7-18-9-15(20-10-11(18)2)12-5-4-6-14-13(12)8-16(19)17-14/h4-6,11,15H,3,7-10H2,1-2H3,(H,17,19). The minimum atomic E-state index is 0.0837. The van der Waals surface area contributed by atoms with E-state index >= 15 is 0 Å². The second kappa shape index (κ2) is 5.54. The van der Waals surface area contributed by atoms with E-state index in [0.717, 1.165) is 37.4 Å². The molecular weight excluding hydrogens is 252 g/mol. The van der Waals surface area contributed by atoms with Gasteiger partial charge in [0.2, 0.25) is 5.91 Å². The lowest BCUT2D eigenvalue weighted by atomic mass is 9.98. The van der Waals surface area contributed by atoms with Crippen molar-refractivity contribution in [3.05, 3.63) is 29.3 Å². The van der Waals surface area contributed by atoms with Crippen LogP contribution in [-0.4, -0.2) is 36.5 Å². The summed E-state index contributed by atoms with van der Waals surface area (Å²) in [7, 11) is 0. The van der Waals surface area contributed by atoms with Crippen LogP contribution in [0.1, 0.15) is 37.5 Å². The van der Waals surface area contributed by atoms with E-state index in [1.807, 2.05) is 12.1 Å². The molecule has 4 heteroatoms. The van der Waals surface area contributed by atoms with Crippen LogP contribution in [0, 0.1) is 0 Å². The van der Waals surface area contributed by atoms with Crippen molar-refractivity contribution in [3.8, 4) is 0 Å². The molecule has 2 atom stereocenters. The normalized spacial score (nSPS) is 26.4. The molecule has 2 unspecified atom stereocenters. The summed E-state index contributed by atoms with van der Waals surface area (Å²) in [6, 6.07) is 6.55. The van der Waals surface area contributed by atoms with Crippen LogP contribution in [-0.2, 0) is 16.0 Å². The quantitative estimate of drug-likeness (QED) is 0.920. The highest BCUT2D eigenvalue weighted by atomic mass is 16.5. The highest BCUT2D eigenvalue weighted by molar-refractivity contribution is 5.99. The van der Waals surface area contributed by atoms with Gasteiger partial charge in [-0.3, -0.25) is 9.69 Å². The molecule has 0 bridgehead atoms. The lowest BCUT2D eigenvalue weighted by molar-refractivity contribution is -0.115. The molecule has 1 amide bonds. The van der Waals surface area contributed by atoms with Gasteiger partial charge in [0.05, 0.1) is 19.1 Å². The molecular formula is C16H22N2O2. The van der Waals surface area contributed by atoms with Crippen molar-refractivity contribution >= 4 is 11.6 Å². The highest BCUT2D eigenvalue weighted by Gasteiger charge is 2.30. The molecule has 1 fully saturated rings. The average molecular weight is 274 g/mol.